The van der Waals surface area contributed by atoms with E-state index in [1.807, 2.05) is 37.3 Å². The fourth-order valence-corrected chi connectivity index (χ4v) is 3.10. The number of Topliss-reactive ketones (excluding diaryl/α,β-unsaturated/α-hetero) is 1. The molecule has 0 spiro atoms. The Bertz CT molecular complexity index is 748. The van der Waals surface area contributed by atoms with E-state index in [9.17, 15) is 4.79 Å². The molecule has 2 aromatic rings. The lowest BCUT2D eigenvalue weighted by molar-refractivity contribution is 0.0982. The van der Waals surface area contributed by atoms with Crippen LogP contribution in [0.5, 0.6) is 0 Å². The van der Waals surface area contributed by atoms with Crippen molar-refractivity contribution in [2.24, 2.45) is 5.92 Å². The molecule has 1 atom stereocenters. The summed E-state index contributed by atoms with van der Waals surface area (Å²) in [5, 5.41) is 0. The molecule has 1 aliphatic carbocycles. The summed E-state index contributed by atoms with van der Waals surface area (Å²) in [5.74, 6) is 0.620. The topological polar surface area (TPSA) is 17.1 Å². The van der Waals surface area contributed by atoms with Gasteiger partial charge < -0.3 is 0 Å². The van der Waals surface area contributed by atoms with Gasteiger partial charge in [0.25, 0.3) is 0 Å². The van der Waals surface area contributed by atoms with Gasteiger partial charge in [0.2, 0.25) is 0 Å². The lowest BCUT2D eigenvalue weighted by Crippen LogP contribution is -2.03. The Hall–Kier alpha value is -2.41. The fraction of sp³-hybridized carbons (Fsp3) is 0.227. The van der Waals surface area contributed by atoms with E-state index in [2.05, 4.69) is 43.3 Å². The molecule has 1 nitrogen and oxygen atoms in total. The Morgan fingerprint density at radius 3 is 2.35 bits per heavy atom. The third-order valence-electron chi connectivity index (χ3n) is 4.62. The van der Waals surface area contributed by atoms with Crippen molar-refractivity contribution in [1.82, 2.24) is 0 Å². The number of ketones is 1. The Morgan fingerprint density at radius 1 is 0.957 bits per heavy atom. The molecule has 0 saturated heterocycles. The second-order valence-corrected chi connectivity index (χ2v) is 6.24. The van der Waals surface area contributed by atoms with E-state index < -0.39 is 0 Å². The van der Waals surface area contributed by atoms with Crippen LogP contribution in [0, 0.1) is 12.8 Å². The largest absolute Gasteiger partial charge is 0.294 e. The summed E-state index contributed by atoms with van der Waals surface area (Å²) in [6, 6.07) is 18.3. The van der Waals surface area contributed by atoms with Gasteiger partial charge in [0, 0.05) is 17.9 Å². The van der Waals surface area contributed by atoms with Gasteiger partial charge in [-0.1, -0.05) is 84.8 Å². The van der Waals surface area contributed by atoms with Crippen molar-refractivity contribution in [2.45, 2.75) is 26.7 Å². The van der Waals surface area contributed by atoms with E-state index in [0.29, 0.717) is 12.3 Å². The molecule has 0 aliphatic heterocycles. The number of rotatable bonds is 5. The van der Waals surface area contributed by atoms with Crippen molar-refractivity contribution in [3.05, 3.63) is 89.0 Å². The van der Waals surface area contributed by atoms with Crippen LogP contribution in [0.3, 0.4) is 0 Å². The first-order valence-electron chi connectivity index (χ1n) is 8.21. The van der Waals surface area contributed by atoms with Crippen LogP contribution >= 0.6 is 0 Å². The molecule has 0 bridgehead atoms. The van der Waals surface area contributed by atoms with Gasteiger partial charge in [-0.05, 0) is 24.5 Å². The Balaban J connectivity index is 1.60. The predicted octanol–water partition coefficient (Wildman–Crippen LogP) is 5.62. The Labute approximate surface area is 138 Å². The molecule has 1 unspecified atom stereocenters. The molecule has 0 radical (unpaired) electrons. The van der Waals surface area contributed by atoms with Crippen molar-refractivity contribution in [3.63, 3.8) is 0 Å². The summed E-state index contributed by atoms with van der Waals surface area (Å²) < 4.78 is 0. The first-order valence-corrected chi connectivity index (χ1v) is 8.21. The van der Waals surface area contributed by atoms with E-state index >= 15 is 0 Å². The quantitative estimate of drug-likeness (QED) is 0.655. The Kier molecular flexibility index (Phi) is 4.57. The molecule has 0 saturated carbocycles. The van der Waals surface area contributed by atoms with Crippen molar-refractivity contribution < 1.29 is 4.79 Å². The molecule has 0 amide bonds. The minimum atomic E-state index is 0.228. The highest BCUT2D eigenvalue weighted by Gasteiger charge is 2.20. The zero-order valence-corrected chi connectivity index (χ0v) is 13.8. The van der Waals surface area contributed by atoms with E-state index in [1.54, 1.807) is 0 Å². The Morgan fingerprint density at radius 2 is 1.65 bits per heavy atom. The number of hydrogen-bond acceptors (Lipinski definition) is 1. The van der Waals surface area contributed by atoms with Gasteiger partial charge in [-0.3, -0.25) is 4.79 Å². The summed E-state index contributed by atoms with van der Waals surface area (Å²) >= 11 is 0. The fourth-order valence-electron chi connectivity index (χ4n) is 3.10. The maximum absolute atomic E-state index is 12.3. The summed E-state index contributed by atoms with van der Waals surface area (Å²) in [6.07, 6.45) is 5.80. The van der Waals surface area contributed by atoms with E-state index in [0.717, 1.165) is 12.0 Å². The average molecular weight is 302 g/mol. The smallest absolute Gasteiger partial charge is 0.163 e. The second-order valence-electron chi connectivity index (χ2n) is 6.24. The zero-order chi connectivity index (χ0) is 16.2. The maximum Gasteiger partial charge on any atom is 0.163 e. The minimum Gasteiger partial charge on any atom is -0.294 e. The highest BCUT2D eigenvalue weighted by molar-refractivity contribution is 5.96. The molecule has 1 heteroatoms. The number of carbonyl (C=O) groups excluding carboxylic acids is 1. The average Bonchev–Trinajstić information content (AvgIpc) is 2.95. The summed E-state index contributed by atoms with van der Waals surface area (Å²) in [4.78, 5) is 12.3. The van der Waals surface area contributed by atoms with Crippen molar-refractivity contribution in [2.75, 3.05) is 0 Å². The number of hydrogen-bond donors (Lipinski definition) is 0. The SMILES string of the molecule is Cc1ccc(C(=O)CCC2=CC=C(c3ccccc3)C2C)cc1. The van der Waals surface area contributed by atoms with Gasteiger partial charge in [0.15, 0.2) is 5.78 Å². The molecule has 2 aromatic carbocycles. The lowest BCUT2D eigenvalue weighted by atomic mass is 9.89. The van der Waals surface area contributed by atoms with Gasteiger partial charge in [0.05, 0.1) is 0 Å². The first kappa shape index (κ1) is 15.5. The minimum absolute atomic E-state index is 0.228. The number of carbonyl (C=O) groups is 1. The van der Waals surface area contributed by atoms with Crippen molar-refractivity contribution >= 4 is 11.4 Å². The van der Waals surface area contributed by atoms with Gasteiger partial charge in [0.1, 0.15) is 0 Å². The van der Waals surface area contributed by atoms with Gasteiger partial charge in [-0.2, -0.15) is 0 Å². The van der Waals surface area contributed by atoms with Gasteiger partial charge in [-0.15, -0.1) is 0 Å². The number of allylic oxidation sites excluding steroid dienone is 4. The van der Waals surface area contributed by atoms with Crippen LogP contribution in [0.25, 0.3) is 5.57 Å². The van der Waals surface area contributed by atoms with Crippen LogP contribution in [0.1, 0.15) is 41.3 Å². The lowest BCUT2D eigenvalue weighted by Gasteiger charge is -2.15. The third-order valence-corrected chi connectivity index (χ3v) is 4.62. The molecular formula is C22H22O. The normalized spacial score (nSPS) is 16.9. The van der Waals surface area contributed by atoms with Crippen molar-refractivity contribution in [3.8, 4) is 0 Å². The summed E-state index contributed by atoms with van der Waals surface area (Å²) in [6.45, 7) is 4.27. The molecule has 1 aliphatic rings. The predicted molar refractivity (Wildman–Crippen MR) is 96.4 cm³/mol. The zero-order valence-electron chi connectivity index (χ0n) is 13.8. The summed E-state index contributed by atoms with van der Waals surface area (Å²) in [7, 11) is 0. The standard InChI is InChI=1S/C22H22O/c1-16-8-10-20(11-9-16)22(23)15-13-18-12-14-21(17(18)2)19-6-4-3-5-7-19/h3-12,14,17H,13,15H2,1-2H3. The highest BCUT2D eigenvalue weighted by atomic mass is 16.1. The van der Waals surface area contributed by atoms with Crippen LogP contribution in [-0.2, 0) is 0 Å². The molecular weight excluding hydrogens is 280 g/mol. The van der Waals surface area contributed by atoms with Crippen LogP contribution < -0.4 is 0 Å². The first-order chi connectivity index (χ1) is 11.1. The molecule has 3 rings (SSSR count). The number of benzene rings is 2. The molecule has 0 fully saturated rings. The van der Waals surface area contributed by atoms with E-state index in [4.69, 9.17) is 0 Å². The molecule has 0 N–H and O–H groups in total. The molecule has 116 valence electrons. The molecule has 0 aromatic heterocycles. The van der Waals surface area contributed by atoms with Crippen LogP contribution in [0.15, 0.2) is 72.3 Å². The maximum atomic E-state index is 12.3. The van der Waals surface area contributed by atoms with E-state index in [-0.39, 0.29) is 5.78 Å². The van der Waals surface area contributed by atoms with Gasteiger partial charge in [-0.25, -0.2) is 0 Å². The third kappa shape index (κ3) is 3.50. The van der Waals surface area contributed by atoms with Crippen LogP contribution in [0.4, 0.5) is 0 Å². The van der Waals surface area contributed by atoms with Crippen molar-refractivity contribution in [1.29, 1.82) is 0 Å². The molecule has 23 heavy (non-hydrogen) atoms. The molecule has 0 heterocycles. The summed E-state index contributed by atoms with van der Waals surface area (Å²) in [5.41, 5.74) is 5.98. The van der Waals surface area contributed by atoms with Crippen LogP contribution in [0.2, 0.25) is 0 Å². The monoisotopic (exact) mass is 302 g/mol. The highest BCUT2D eigenvalue weighted by Crippen LogP contribution is 2.36. The van der Waals surface area contributed by atoms with Crippen LogP contribution in [-0.4, -0.2) is 5.78 Å². The second kappa shape index (κ2) is 6.78. The van der Waals surface area contributed by atoms with Gasteiger partial charge >= 0.3 is 0 Å². The number of aryl methyl sites for hydroxylation is 1. The van der Waals surface area contributed by atoms with E-state index in [1.165, 1.54) is 22.3 Å².